The number of ether oxygens (including phenoxy) is 2. The maximum absolute atomic E-state index is 13.0. The summed E-state index contributed by atoms with van der Waals surface area (Å²) in [5, 5.41) is 10.6. The van der Waals surface area contributed by atoms with Crippen LogP contribution < -0.4 is 4.74 Å². The lowest BCUT2D eigenvalue weighted by molar-refractivity contribution is -0.122. The molecule has 1 aliphatic heterocycles. The van der Waals surface area contributed by atoms with Crippen molar-refractivity contribution in [2.45, 2.75) is 6.92 Å². The summed E-state index contributed by atoms with van der Waals surface area (Å²) in [4.78, 5) is 19.8. The molecule has 1 N–H and O–H groups in total. The van der Waals surface area contributed by atoms with Gasteiger partial charge in [0.05, 0.1) is 30.4 Å². The minimum absolute atomic E-state index is 0.0410. The standard InChI is InChI=1S/C21H21BrN2O4S/c1-3-28-18-11-14(16(22)13-17(18)25)12-19-20(26)24(9-10-27-2)21(29-19)23-15-7-5-4-6-8-15/h4-8,11-13,25H,3,9-10H2,1-2H3/b19-12-,23-21?. The normalized spacial score (nSPS) is 16.8. The van der Waals surface area contributed by atoms with Crippen LogP contribution >= 0.6 is 27.7 Å². The average molecular weight is 477 g/mol. The summed E-state index contributed by atoms with van der Waals surface area (Å²) in [7, 11) is 1.60. The molecule has 29 heavy (non-hydrogen) atoms. The molecule has 0 spiro atoms. The van der Waals surface area contributed by atoms with Crippen molar-refractivity contribution in [1.29, 1.82) is 0 Å². The highest BCUT2D eigenvalue weighted by Crippen LogP contribution is 2.38. The molecule has 0 radical (unpaired) electrons. The summed E-state index contributed by atoms with van der Waals surface area (Å²) in [5.74, 6) is 0.270. The fraction of sp³-hybridized carbons (Fsp3) is 0.238. The Bertz CT molecular complexity index is 947. The number of aromatic hydroxyl groups is 1. The van der Waals surface area contributed by atoms with Gasteiger partial charge >= 0.3 is 0 Å². The van der Waals surface area contributed by atoms with E-state index in [4.69, 9.17) is 9.47 Å². The topological polar surface area (TPSA) is 71.4 Å². The third-order valence-corrected chi connectivity index (χ3v) is 5.75. The number of carbonyl (C=O) groups is 1. The maximum Gasteiger partial charge on any atom is 0.266 e. The van der Waals surface area contributed by atoms with E-state index in [2.05, 4.69) is 20.9 Å². The van der Waals surface area contributed by atoms with Crippen molar-refractivity contribution in [1.82, 2.24) is 4.90 Å². The van der Waals surface area contributed by atoms with E-state index in [9.17, 15) is 9.90 Å². The summed E-state index contributed by atoms with van der Waals surface area (Å²) < 4.78 is 11.3. The molecule has 0 saturated carbocycles. The molecule has 1 aliphatic rings. The number of methoxy groups -OCH3 is 1. The first kappa shape index (κ1) is 21.4. The largest absolute Gasteiger partial charge is 0.504 e. The van der Waals surface area contributed by atoms with Crippen LogP contribution in [0.3, 0.4) is 0 Å². The number of carbonyl (C=O) groups excluding carboxylic acids is 1. The number of rotatable bonds is 7. The second-order valence-corrected chi connectivity index (χ2v) is 7.93. The van der Waals surface area contributed by atoms with Crippen LogP contribution in [-0.4, -0.2) is 47.9 Å². The molecule has 1 fully saturated rings. The number of thioether (sulfide) groups is 1. The number of amidine groups is 1. The zero-order valence-electron chi connectivity index (χ0n) is 16.1. The van der Waals surface area contributed by atoms with Crippen LogP contribution in [0.25, 0.3) is 6.08 Å². The Labute approximate surface area is 182 Å². The molecular weight excluding hydrogens is 456 g/mol. The van der Waals surface area contributed by atoms with Gasteiger partial charge in [-0.2, -0.15) is 0 Å². The number of para-hydroxylation sites is 1. The van der Waals surface area contributed by atoms with Gasteiger partial charge in [0.2, 0.25) is 0 Å². The number of nitrogens with zero attached hydrogens (tertiary/aromatic N) is 2. The molecule has 8 heteroatoms. The van der Waals surface area contributed by atoms with Crippen molar-refractivity contribution in [2.24, 2.45) is 4.99 Å². The van der Waals surface area contributed by atoms with Gasteiger partial charge in [0.1, 0.15) is 0 Å². The third kappa shape index (κ3) is 5.20. The van der Waals surface area contributed by atoms with Crippen molar-refractivity contribution < 1.29 is 19.4 Å². The van der Waals surface area contributed by atoms with Crippen LogP contribution in [-0.2, 0) is 9.53 Å². The van der Waals surface area contributed by atoms with Gasteiger partial charge in [-0.1, -0.05) is 34.1 Å². The number of benzene rings is 2. The molecule has 0 unspecified atom stereocenters. The Morgan fingerprint density at radius 1 is 1.28 bits per heavy atom. The van der Waals surface area contributed by atoms with Crippen molar-refractivity contribution in [3.8, 4) is 11.5 Å². The van der Waals surface area contributed by atoms with Crippen molar-refractivity contribution in [3.05, 3.63) is 57.4 Å². The zero-order valence-corrected chi connectivity index (χ0v) is 18.5. The monoisotopic (exact) mass is 476 g/mol. The van der Waals surface area contributed by atoms with Gasteiger partial charge in [-0.15, -0.1) is 0 Å². The fourth-order valence-corrected chi connectivity index (χ4v) is 4.13. The average Bonchev–Trinajstić information content (AvgIpc) is 2.99. The number of hydrogen-bond acceptors (Lipinski definition) is 6. The lowest BCUT2D eigenvalue weighted by Gasteiger charge is -2.14. The van der Waals surface area contributed by atoms with Crippen molar-refractivity contribution in [2.75, 3.05) is 26.9 Å². The Morgan fingerprint density at radius 3 is 2.72 bits per heavy atom. The number of halogens is 1. The molecule has 0 atom stereocenters. The first-order chi connectivity index (χ1) is 14.0. The molecule has 152 valence electrons. The van der Waals surface area contributed by atoms with Crippen LogP contribution in [0.4, 0.5) is 5.69 Å². The Balaban J connectivity index is 1.97. The van der Waals surface area contributed by atoms with E-state index in [-0.39, 0.29) is 11.7 Å². The molecule has 6 nitrogen and oxygen atoms in total. The van der Waals surface area contributed by atoms with Crippen molar-refractivity contribution >= 4 is 50.5 Å². The molecule has 1 amide bonds. The van der Waals surface area contributed by atoms with Gasteiger partial charge < -0.3 is 14.6 Å². The second-order valence-electron chi connectivity index (χ2n) is 6.06. The smallest absolute Gasteiger partial charge is 0.266 e. The van der Waals surface area contributed by atoms with E-state index in [0.29, 0.717) is 40.1 Å². The molecular formula is C21H21BrN2O4S. The number of hydrogen-bond donors (Lipinski definition) is 1. The van der Waals surface area contributed by atoms with Crippen LogP contribution in [0.1, 0.15) is 12.5 Å². The molecule has 1 heterocycles. The van der Waals surface area contributed by atoms with Crippen LogP contribution in [0, 0.1) is 0 Å². The van der Waals surface area contributed by atoms with E-state index < -0.39 is 0 Å². The highest BCUT2D eigenvalue weighted by Gasteiger charge is 2.33. The van der Waals surface area contributed by atoms with E-state index in [1.807, 2.05) is 37.3 Å². The van der Waals surface area contributed by atoms with E-state index in [0.717, 1.165) is 11.3 Å². The lowest BCUT2D eigenvalue weighted by atomic mass is 10.2. The van der Waals surface area contributed by atoms with Gasteiger partial charge in [-0.3, -0.25) is 9.69 Å². The molecule has 2 aromatic rings. The lowest BCUT2D eigenvalue weighted by Crippen LogP contribution is -2.32. The molecule has 0 bridgehead atoms. The third-order valence-electron chi connectivity index (χ3n) is 4.05. The number of phenols is 1. The number of amides is 1. The van der Waals surface area contributed by atoms with Crippen LogP contribution in [0.2, 0.25) is 0 Å². The van der Waals surface area contributed by atoms with Crippen LogP contribution in [0.5, 0.6) is 11.5 Å². The molecule has 0 aromatic heterocycles. The molecule has 3 rings (SSSR count). The van der Waals surface area contributed by atoms with Gasteiger partial charge in [-0.05, 0) is 54.6 Å². The van der Waals surface area contributed by atoms with Gasteiger partial charge in [-0.25, -0.2) is 4.99 Å². The minimum atomic E-state index is -0.139. The maximum atomic E-state index is 13.0. The highest BCUT2D eigenvalue weighted by molar-refractivity contribution is 9.10. The minimum Gasteiger partial charge on any atom is -0.504 e. The quantitative estimate of drug-likeness (QED) is 0.580. The van der Waals surface area contributed by atoms with Gasteiger partial charge in [0.25, 0.3) is 5.91 Å². The van der Waals surface area contributed by atoms with E-state index in [1.165, 1.54) is 11.8 Å². The molecule has 0 aliphatic carbocycles. The van der Waals surface area contributed by atoms with Gasteiger partial charge in [0.15, 0.2) is 16.7 Å². The SMILES string of the molecule is CCOc1cc(/C=C2\SC(=Nc3ccccc3)N(CCOC)C2=O)c(Br)cc1O. The Morgan fingerprint density at radius 2 is 2.03 bits per heavy atom. The number of phenolic OH excluding ortho intramolecular Hbond substituents is 1. The van der Waals surface area contributed by atoms with Crippen LogP contribution in [0.15, 0.2) is 56.8 Å². The summed E-state index contributed by atoms with van der Waals surface area (Å²) in [6.07, 6.45) is 1.77. The Kier molecular flexibility index (Phi) is 7.35. The van der Waals surface area contributed by atoms with Crippen molar-refractivity contribution in [3.63, 3.8) is 0 Å². The van der Waals surface area contributed by atoms with Gasteiger partial charge in [0, 0.05) is 11.6 Å². The number of aliphatic imine (C=N–C) groups is 1. The summed E-state index contributed by atoms with van der Waals surface area (Å²) in [6, 6.07) is 12.8. The predicted molar refractivity (Wildman–Crippen MR) is 120 cm³/mol. The fourth-order valence-electron chi connectivity index (χ4n) is 2.67. The first-order valence-corrected chi connectivity index (χ1v) is 10.6. The first-order valence-electron chi connectivity index (χ1n) is 9.03. The molecule has 1 saturated heterocycles. The summed E-state index contributed by atoms with van der Waals surface area (Å²) in [6.45, 7) is 3.09. The zero-order chi connectivity index (χ0) is 20.8. The summed E-state index contributed by atoms with van der Waals surface area (Å²) in [5.41, 5.74) is 1.51. The molecule has 2 aromatic carbocycles. The highest BCUT2D eigenvalue weighted by atomic mass is 79.9. The van der Waals surface area contributed by atoms with E-state index >= 15 is 0 Å². The second kappa shape index (κ2) is 9.96. The predicted octanol–water partition coefficient (Wildman–Crippen LogP) is 4.80. The van der Waals surface area contributed by atoms with E-state index in [1.54, 1.807) is 30.2 Å². The summed E-state index contributed by atoms with van der Waals surface area (Å²) >= 11 is 4.75. The Hall–Kier alpha value is -2.29.